The Kier molecular flexibility index (Phi) is 8.02. The Bertz CT molecular complexity index is 282. The van der Waals surface area contributed by atoms with Gasteiger partial charge in [0.1, 0.15) is 6.10 Å². The lowest BCUT2D eigenvalue weighted by atomic mass is 9.83. The molecule has 106 valence electrons. The molecule has 1 atom stereocenters. The maximum atomic E-state index is 11.6. The van der Waals surface area contributed by atoms with Gasteiger partial charge >= 0.3 is 0 Å². The van der Waals surface area contributed by atoms with E-state index in [2.05, 4.69) is 23.3 Å². The van der Waals surface area contributed by atoms with Gasteiger partial charge < -0.3 is 15.7 Å². The van der Waals surface area contributed by atoms with Crippen molar-refractivity contribution < 1.29 is 14.7 Å². The van der Waals surface area contributed by atoms with Crippen LogP contribution in [0.4, 0.5) is 0 Å². The molecule has 0 aromatic carbocycles. The third kappa shape index (κ3) is 6.26. The molecule has 0 aliphatic rings. The number of hydrogen-bond donors (Lipinski definition) is 4. The summed E-state index contributed by atoms with van der Waals surface area (Å²) in [6.07, 6.45) is -0.147. The van der Waals surface area contributed by atoms with Crippen LogP contribution in [0, 0.1) is 5.41 Å². The average molecular weight is 276 g/mol. The van der Waals surface area contributed by atoms with Crippen LogP contribution in [0.1, 0.15) is 33.6 Å². The second-order valence-electron chi connectivity index (χ2n) is 4.86. The topological polar surface area (TPSA) is 78.4 Å². The van der Waals surface area contributed by atoms with Gasteiger partial charge in [-0.15, -0.1) is 0 Å². The lowest BCUT2D eigenvalue weighted by Crippen LogP contribution is -2.44. The highest BCUT2D eigenvalue weighted by Crippen LogP contribution is 2.24. The second kappa shape index (κ2) is 8.37. The van der Waals surface area contributed by atoms with Crippen LogP contribution in [-0.2, 0) is 9.59 Å². The van der Waals surface area contributed by atoms with Gasteiger partial charge in [-0.2, -0.15) is 12.6 Å². The van der Waals surface area contributed by atoms with Crippen LogP contribution in [0.2, 0.25) is 0 Å². The molecule has 0 aliphatic carbocycles. The van der Waals surface area contributed by atoms with E-state index < -0.39 is 17.4 Å². The van der Waals surface area contributed by atoms with Crippen molar-refractivity contribution in [3.8, 4) is 0 Å². The van der Waals surface area contributed by atoms with Crippen molar-refractivity contribution >= 4 is 24.4 Å². The second-order valence-corrected chi connectivity index (χ2v) is 5.31. The lowest BCUT2D eigenvalue weighted by Gasteiger charge is -2.28. The molecular weight excluding hydrogens is 252 g/mol. The molecule has 0 aromatic heterocycles. The summed E-state index contributed by atoms with van der Waals surface area (Å²) in [5, 5.41) is 15.0. The molecule has 6 heteroatoms. The summed E-state index contributed by atoms with van der Waals surface area (Å²) in [6, 6.07) is 0. The first-order valence-electron chi connectivity index (χ1n) is 6.18. The summed E-state index contributed by atoms with van der Waals surface area (Å²) in [5.41, 5.74) is -0.460. The van der Waals surface area contributed by atoms with E-state index in [0.717, 1.165) is 0 Å². The fourth-order valence-corrected chi connectivity index (χ4v) is 1.34. The summed E-state index contributed by atoms with van der Waals surface area (Å²) >= 11 is 3.97. The van der Waals surface area contributed by atoms with Crippen molar-refractivity contribution in [3.05, 3.63) is 0 Å². The van der Waals surface area contributed by atoms with Gasteiger partial charge in [-0.1, -0.05) is 20.8 Å². The smallest absolute Gasteiger partial charge is 0.249 e. The zero-order chi connectivity index (χ0) is 14.2. The molecule has 0 heterocycles. The zero-order valence-electron chi connectivity index (χ0n) is 11.3. The molecule has 5 nitrogen and oxygen atoms in total. The Morgan fingerprint density at radius 1 is 1.28 bits per heavy atom. The molecule has 0 fully saturated rings. The quantitative estimate of drug-likeness (QED) is 0.483. The number of amides is 2. The molecule has 0 aliphatic heterocycles. The Morgan fingerprint density at radius 2 is 1.89 bits per heavy atom. The molecule has 0 saturated carbocycles. The highest BCUT2D eigenvalue weighted by molar-refractivity contribution is 7.80. The van der Waals surface area contributed by atoms with Gasteiger partial charge in [-0.25, -0.2) is 0 Å². The summed E-state index contributed by atoms with van der Waals surface area (Å²) < 4.78 is 0. The molecule has 0 spiro atoms. The standard InChI is InChI=1S/C12H24N2O3S/c1-4-12(2,3)10(16)11(17)14-6-5-9(15)13-7-8-18/h10,16,18H,4-8H2,1-3H3,(H,13,15)(H,14,17)/t10-/m0/s1. The van der Waals surface area contributed by atoms with Crippen molar-refractivity contribution in [2.45, 2.75) is 39.7 Å². The van der Waals surface area contributed by atoms with E-state index in [1.54, 1.807) is 0 Å². The summed E-state index contributed by atoms with van der Waals surface area (Å²) in [4.78, 5) is 22.9. The zero-order valence-corrected chi connectivity index (χ0v) is 12.2. The molecule has 2 amide bonds. The van der Waals surface area contributed by atoms with Gasteiger partial charge in [-0.3, -0.25) is 9.59 Å². The minimum atomic E-state index is -1.05. The molecule has 0 saturated heterocycles. The van der Waals surface area contributed by atoms with Crippen molar-refractivity contribution in [1.82, 2.24) is 10.6 Å². The molecule has 0 bridgehead atoms. The number of carbonyl (C=O) groups is 2. The first-order chi connectivity index (χ1) is 8.35. The maximum absolute atomic E-state index is 11.6. The van der Waals surface area contributed by atoms with E-state index >= 15 is 0 Å². The number of rotatable bonds is 8. The Morgan fingerprint density at radius 3 is 2.39 bits per heavy atom. The fraction of sp³-hybridized carbons (Fsp3) is 0.833. The van der Waals surface area contributed by atoms with Gasteiger partial charge in [0, 0.05) is 25.3 Å². The number of hydrogen-bond acceptors (Lipinski definition) is 4. The normalized spacial score (nSPS) is 12.9. The van der Waals surface area contributed by atoms with E-state index in [4.69, 9.17) is 0 Å². The summed E-state index contributed by atoms with van der Waals surface area (Å²) in [6.45, 7) is 6.32. The predicted octanol–water partition coefficient (Wildman–Crippen LogP) is 0.336. The number of thiol groups is 1. The number of nitrogens with one attached hydrogen (secondary N) is 2. The van der Waals surface area contributed by atoms with Gasteiger partial charge in [0.25, 0.3) is 0 Å². The molecule has 3 N–H and O–H groups in total. The Balaban J connectivity index is 3.94. The largest absolute Gasteiger partial charge is 0.383 e. The third-order valence-corrected chi connectivity index (χ3v) is 3.21. The van der Waals surface area contributed by atoms with E-state index in [-0.39, 0.29) is 18.9 Å². The SMILES string of the molecule is CCC(C)(C)[C@@H](O)C(=O)NCCC(=O)NCCS. The molecule has 0 aromatic rings. The first-order valence-corrected chi connectivity index (χ1v) is 6.81. The summed E-state index contributed by atoms with van der Waals surface area (Å²) in [5.74, 6) is 0.0269. The van der Waals surface area contributed by atoms with Crippen LogP contribution in [0.5, 0.6) is 0 Å². The molecule has 0 unspecified atom stereocenters. The highest BCUT2D eigenvalue weighted by atomic mass is 32.1. The monoisotopic (exact) mass is 276 g/mol. The van der Waals surface area contributed by atoms with Crippen LogP contribution in [0.15, 0.2) is 0 Å². The number of aliphatic hydroxyl groups is 1. The van der Waals surface area contributed by atoms with Crippen molar-refractivity contribution in [1.29, 1.82) is 0 Å². The van der Waals surface area contributed by atoms with E-state index in [1.165, 1.54) is 0 Å². The highest BCUT2D eigenvalue weighted by Gasteiger charge is 2.31. The van der Waals surface area contributed by atoms with E-state index in [0.29, 0.717) is 18.7 Å². The van der Waals surface area contributed by atoms with E-state index in [1.807, 2.05) is 20.8 Å². The van der Waals surface area contributed by atoms with Crippen LogP contribution >= 0.6 is 12.6 Å². The Hall–Kier alpha value is -0.750. The van der Waals surface area contributed by atoms with Crippen LogP contribution in [0.3, 0.4) is 0 Å². The number of carbonyl (C=O) groups excluding carboxylic acids is 2. The lowest BCUT2D eigenvalue weighted by molar-refractivity contribution is -0.135. The fourth-order valence-electron chi connectivity index (χ4n) is 1.23. The van der Waals surface area contributed by atoms with Gasteiger partial charge in [0.15, 0.2) is 0 Å². The Labute approximate surface area is 114 Å². The maximum Gasteiger partial charge on any atom is 0.249 e. The van der Waals surface area contributed by atoms with Gasteiger partial charge in [-0.05, 0) is 11.8 Å². The van der Waals surface area contributed by atoms with Gasteiger partial charge in [0.05, 0.1) is 0 Å². The van der Waals surface area contributed by atoms with Crippen molar-refractivity contribution in [2.75, 3.05) is 18.8 Å². The first kappa shape index (κ1) is 17.2. The minimum Gasteiger partial charge on any atom is -0.383 e. The van der Waals surface area contributed by atoms with Crippen LogP contribution < -0.4 is 10.6 Å². The molecular formula is C12H24N2O3S. The third-order valence-electron chi connectivity index (χ3n) is 2.99. The van der Waals surface area contributed by atoms with Gasteiger partial charge in [0.2, 0.25) is 11.8 Å². The molecule has 18 heavy (non-hydrogen) atoms. The molecule has 0 radical (unpaired) electrons. The van der Waals surface area contributed by atoms with Crippen molar-refractivity contribution in [3.63, 3.8) is 0 Å². The predicted molar refractivity (Wildman–Crippen MR) is 74.6 cm³/mol. The van der Waals surface area contributed by atoms with Crippen LogP contribution in [0.25, 0.3) is 0 Å². The van der Waals surface area contributed by atoms with Crippen LogP contribution in [-0.4, -0.2) is 41.9 Å². The minimum absolute atomic E-state index is 0.131. The van der Waals surface area contributed by atoms with E-state index in [9.17, 15) is 14.7 Å². The summed E-state index contributed by atoms with van der Waals surface area (Å²) in [7, 11) is 0. The molecule has 0 rings (SSSR count). The average Bonchev–Trinajstić information content (AvgIpc) is 2.35. The van der Waals surface area contributed by atoms with Crippen molar-refractivity contribution in [2.24, 2.45) is 5.41 Å². The number of aliphatic hydroxyl groups excluding tert-OH is 1.